The van der Waals surface area contributed by atoms with Crippen LogP contribution in [0.2, 0.25) is 0 Å². The standard InChI is InChI=1S/C18H17FN6O2/c19-12-1-3-13(4-2-12)23-18-14-9-17(25(26)27)16(10-15(14)21-11-22-18)24-7-5-20-6-8-24/h1-4,9-11,20H,5-8H2,(H,21,22,23). The van der Waals surface area contributed by atoms with Gasteiger partial charge in [-0.05, 0) is 30.3 Å². The van der Waals surface area contributed by atoms with Gasteiger partial charge in [-0.15, -0.1) is 0 Å². The Morgan fingerprint density at radius 1 is 1.15 bits per heavy atom. The Morgan fingerprint density at radius 3 is 2.59 bits per heavy atom. The van der Waals surface area contributed by atoms with Gasteiger partial charge in [0.2, 0.25) is 0 Å². The molecule has 1 fully saturated rings. The van der Waals surface area contributed by atoms with Gasteiger partial charge in [0.15, 0.2) is 0 Å². The summed E-state index contributed by atoms with van der Waals surface area (Å²) in [7, 11) is 0. The van der Waals surface area contributed by atoms with Gasteiger partial charge in [-0.1, -0.05) is 0 Å². The summed E-state index contributed by atoms with van der Waals surface area (Å²) >= 11 is 0. The quantitative estimate of drug-likeness (QED) is 0.540. The number of halogens is 1. The molecule has 1 aliphatic heterocycles. The Hall–Kier alpha value is -3.33. The summed E-state index contributed by atoms with van der Waals surface area (Å²) in [6.45, 7) is 2.93. The van der Waals surface area contributed by atoms with E-state index in [4.69, 9.17) is 0 Å². The van der Waals surface area contributed by atoms with Crippen LogP contribution >= 0.6 is 0 Å². The molecule has 2 N–H and O–H groups in total. The van der Waals surface area contributed by atoms with Crippen LogP contribution in [-0.2, 0) is 0 Å². The minimum absolute atomic E-state index is 0.0151. The van der Waals surface area contributed by atoms with Crippen molar-refractivity contribution >= 4 is 33.8 Å². The van der Waals surface area contributed by atoms with E-state index in [1.165, 1.54) is 24.5 Å². The van der Waals surface area contributed by atoms with Gasteiger partial charge < -0.3 is 15.5 Å². The molecule has 0 radical (unpaired) electrons. The third-order valence-corrected chi connectivity index (χ3v) is 4.49. The van der Waals surface area contributed by atoms with E-state index < -0.39 is 0 Å². The van der Waals surface area contributed by atoms with E-state index in [1.807, 2.05) is 4.90 Å². The lowest BCUT2D eigenvalue weighted by atomic mass is 10.1. The van der Waals surface area contributed by atoms with Gasteiger partial charge in [-0.25, -0.2) is 14.4 Å². The fourth-order valence-electron chi connectivity index (χ4n) is 3.16. The van der Waals surface area contributed by atoms with Crippen molar-refractivity contribution in [1.82, 2.24) is 15.3 Å². The maximum atomic E-state index is 13.1. The largest absolute Gasteiger partial charge is 0.363 e. The lowest BCUT2D eigenvalue weighted by molar-refractivity contribution is -0.384. The molecular weight excluding hydrogens is 351 g/mol. The lowest BCUT2D eigenvalue weighted by Gasteiger charge is -2.29. The molecule has 2 aromatic carbocycles. The number of piperazine rings is 1. The molecule has 2 heterocycles. The molecule has 0 amide bonds. The highest BCUT2D eigenvalue weighted by Gasteiger charge is 2.23. The summed E-state index contributed by atoms with van der Waals surface area (Å²) in [6.07, 6.45) is 1.40. The molecular formula is C18H17FN6O2. The van der Waals surface area contributed by atoms with Crippen LogP contribution in [0.4, 0.5) is 27.3 Å². The van der Waals surface area contributed by atoms with E-state index in [2.05, 4.69) is 20.6 Å². The van der Waals surface area contributed by atoms with Gasteiger partial charge in [0.1, 0.15) is 23.6 Å². The monoisotopic (exact) mass is 368 g/mol. The zero-order valence-electron chi connectivity index (χ0n) is 14.4. The van der Waals surface area contributed by atoms with Crippen LogP contribution in [0, 0.1) is 15.9 Å². The smallest absolute Gasteiger partial charge is 0.293 e. The number of rotatable bonds is 4. The summed E-state index contributed by atoms with van der Waals surface area (Å²) in [5.41, 5.74) is 1.81. The normalized spacial score (nSPS) is 14.3. The van der Waals surface area contributed by atoms with Crippen molar-refractivity contribution < 1.29 is 9.31 Å². The van der Waals surface area contributed by atoms with Crippen molar-refractivity contribution in [2.75, 3.05) is 36.4 Å². The molecule has 4 rings (SSSR count). The first kappa shape index (κ1) is 17.1. The first-order valence-corrected chi connectivity index (χ1v) is 8.53. The van der Waals surface area contributed by atoms with Gasteiger partial charge in [0.05, 0.1) is 10.4 Å². The molecule has 9 heteroatoms. The van der Waals surface area contributed by atoms with E-state index in [0.717, 1.165) is 13.1 Å². The third kappa shape index (κ3) is 3.49. The molecule has 1 aromatic heterocycles. The molecule has 3 aromatic rings. The molecule has 1 saturated heterocycles. The Balaban J connectivity index is 1.79. The number of nitro groups is 1. The number of hydrogen-bond donors (Lipinski definition) is 2. The second-order valence-electron chi connectivity index (χ2n) is 6.21. The summed E-state index contributed by atoms with van der Waals surface area (Å²) in [6, 6.07) is 9.04. The van der Waals surface area contributed by atoms with Gasteiger partial charge in [-0.2, -0.15) is 0 Å². The van der Waals surface area contributed by atoms with Crippen LogP contribution in [0.25, 0.3) is 10.9 Å². The molecule has 138 valence electrons. The Bertz CT molecular complexity index is 989. The average molecular weight is 368 g/mol. The number of nitro benzene ring substituents is 1. The highest BCUT2D eigenvalue weighted by atomic mass is 19.1. The van der Waals surface area contributed by atoms with Gasteiger partial charge in [-0.3, -0.25) is 10.1 Å². The second-order valence-corrected chi connectivity index (χ2v) is 6.21. The van der Waals surface area contributed by atoms with Gasteiger partial charge >= 0.3 is 0 Å². The fourth-order valence-corrected chi connectivity index (χ4v) is 3.16. The maximum absolute atomic E-state index is 13.1. The minimum atomic E-state index is -0.383. The molecule has 0 bridgehead atoms. The Labute approximate surface area is 154 Å². The van der Waals surface area contributed by atoms with Crippen LogP contribution in [-0.4, -0.2) is 41.1 Å². The van der Waals surface area contributed by atoms with E-state index in [-0.39, 0.29) is 16.4 Å². The molecule has 0 spiro atoms. The highest BCUT2D eigenvalue weighted by molar-refractivity contribution is 5.95. The van der Waals surface area contributed by atoms with E-state index in [0.29, 0.717) is 41.2 Å². The van der Waals surface area contributed by atoms with E-state index in [1.54, 1.807) is 18.2 Å². The van der Waals surface area contributed by atoms with Crippen LogP contribution in [0.1, 0.15) is 0 Å². The summed E-state index contributed by atoms with van der Waals surface area (Å²) in [5.74, 6) is 0.0889. The van der Waals surface area contributed by atoms with Crippen molar-refractivity contribution in [3.8, 4) is 0 Å². The molecule has 1 aliphatic rings. The maximum Gasteiger partial charge on any atom is 0.293 e. The summed E-state index contributed by atoms with van der Waals surface area (Å²) in [5, 5.41) is 18.5. The van der Waals surface area contributed by atoms with Crippen LogP contribution in [0.5, 0.6) is 0 Å². The predicted molar refractivity (Wildman–Crippen MR) is 101 cm³/mol. The number of hydrogen-bond acceptors (Lipinski definition) is 7. The van der Waals surface area contributed by atoms with Crippen LogP contribution in [0.3, 0.4) is 0 Å². The number of nitrogens with one attached hydrogen (secondary N) is 2. The van der Waals surface area contributed by atoms with Crippen molar-refractivity contribution in [2.45, 2.75) is 0 Å². The fraction of sp³-hybridized carbons (Fsp3) is 0.222. The molecule has 27 heavy (non-hydrogen) atoms. The zero-order chi connectivity index (χ0) is 18.8. The van der Waals surface area contributed by atoms with Crippen molar-refractivity contribution in [3.05, 3.63) is 58.7 Å². The number of benzene rings is 2. The Morgan fingerprint density at radius 2 is 1.89 bits per heavy atom. The first-order valence-electron chi connectivity index (χ1n) is 8.53. The highest BCUT2D eigenvalue weighted by Crippen LogP contribution is 2.35. The van der Waals surface area contributed by atoms with Crippen LogP contribution in [0.15, 0.2) is 42.7 Å². The lowest BCUT2D eigenvalue weighted by Crippen LogP contribution is -2.43. The van der Waals surface area contributed by atoms with Gasteiger partial charge in [0, 0.05) is 43.3 Å². The topological polar surface area (TPSA) is 96.2 Å². The summed E-state index contributed by atoms with van der Waals surface area (Å²) < 4.78 is 13.1. The zero-order valence-corrected chi connectivity index (χ0v) is 14.4. The summed E-state index contributed by atoms with van der Waals surface area (Å²) in [4.78, 5) is 21.8. The number of fused-ring (bicyclic) bond motifs is 1. The first-order chi connectivity index (χ1) is 13.1. The van der Waals surface area contributed by atoms with Crippen molar-refractivity contribution in [2.24, 2.45) is 0 Å². The predicted octanol–water partition coefficient (Wildman–Crippen LogP) is 2.83. The SMILES string of the molecule is O=[N+]([O-])c1cc2c(Nc3ccc(F)cc3)ncnc2cc1N1CCNCC1. The minimum Gasteiger partial charge on any atom is -0.363 e. The number of aromatic nitrogens is 2. The molecule has 0 unspecified atom stereocenters. The van der Waals surface area contributed by atoms with Crippen molar-refractivity contribution in [1.29, 1.82) is 0 Å². The van der Waals surface area contributed by atoms with Crippen molar-refractivity contribution in [3.63, 3.8) is 0 Å². The molecule has 0 atom stereocenters. The number of anilines is 3. The molecule has 8 nitrogen and oxygen atoms in total. The van der Waals surface area contributed by atoms with E-state index >= 15 is 0 Å². The second kappa shape index (κ2) is 7.12. The van der Waals surface area contributed by atoms with E-state index in [9.17, 15) is 14.5 Å². The average Bonchev–Trinajstić information content (AvgIpc) is 2.69. The van der Waals surface area contributed by atoms with Gasteiger partial charge in [0.25, 0.3) is 5.69 Å². The number of nitrogens with zero attached hydrogens (tertiary/aromatic N) is 4. The van der Waals surface area contributed by atoms with Crippen LogP contribution < -0.4 is 15.5 Å². The molecule has 0 aliphatic carbocycles. The Kier molecular flexibility index (Phi) is 4.51. The molecule has 0 saturated carbocycles. The third-order valence-electron chi connectivity index (χ3n) is 4.49.